The van der Waals surface area contributed by atoms with Crippen LogP contribution >= 0.6 is 0 Å². The van der Waals surface area contributed by atoms with Gasteiger partial charge in [-0.2, -0.15) is 0 Å². The number of ketones is 1. The van der Waals surface area contributed by atoms with E-state index in [4.69, 9.17) is 4.74 Å². The zero-order valence-electron chi connectivity index (χ0n) is 11.0. The van der Waals surface area contributed by atoms with Gasteiger partial charge in [0.05, 0.1) is 12.7 Å². The van der Waals surface area contributed by atoms with Crippen LogP contribution in [0.1, 0.15) is 27.9 Å². The normalized spacial score (nSPS) is 17.6. The van der Waals surface area contributed by atoms with E-state index in [0.717, 1.165) is 6.42 Å². The van der Waals surface area contributed by atoms with E-state index in [0.29, 0.717) is 18.6 Å². The molecule has 0 bridgehead atoms. The second kappa shape index (κ2) is 5.55. The summed E-state index contributed by atoms with van der Waals surface area (Å²) in [5, 5.41) is 0. The van der Waals surface area contributed by atoms with Crippen molar-refractivity contribution in [2.24, 2.45) is 0 Å². The lowest BCUT2D eigenvalue weighted by molar-refractivity contribution is 0.0237. The first-order valence-electron chi connectivity index (χ1n) is 6.69. The molecule has 0 radical (unpaired) electrons. The summed E-state index contributed by atoms with van der Waals surface area (Å²) >= 11 is 0. The standard InChI is InChI=1S/C17H15FO2/c18-15-7-5-12(6-8-15)17(19)10-16-9-13-3-1-2-4-14(13)11-20-16/h1-8,16H,9-11H2. The fourth-order valence-corrected chi connectivity index (χ4v) is 2.50. The zero-order valence-corrected chi connectivity index (χ0v) is 11.0. The van der Waals surface area contributed by atoms with E-state index in [1.54, 1.807) is 0 Å². The van der Waals surface area contributed by atoms with E-state index in [1.165, 1.54) is 35.4 Å². The van der Waals surface area contributed by atoms with Crippen molar-refractivity contribution < 1.29 is 13.9 Å². The van der Waals surface area contributed by atoms with Crippen molar-refractivity contribution in [2.45, 2.75) is 25.6 Å². The number of Topliss-reactive ketones (excluding diaryl/α,β-unsaturated/α-hetero) is 1. The summed E-state index contributed by atoms with van der Waals surface area (Å²) in [6, 6.07) is 13.8. The fourth-order valence-electron chi connectivity index (χ4n) is 2.50. The Labute approximate surface area is 117 Å². The van der Waals surface area contributed by atoms with Crippen LogP contribution in [0.15, 0.2) is 48.5 Å². The molecular weight excluding hydrogens is 255 g/mol. The van der Waals surface area contributed by atoms with Gasteiger partial charge in [0.25, 0.3) is 0 Å². The Morgan fingerprint density at radius 2 is 1.80 bits per heavy atom. The van der Waals surface area contributed by atoms with Crippen LogP contribution in [0.5, 0.6) is 0 Å². The van der Waals surface area contributed by atoms with Gasteiger partial charge in [0, 0.05) is 12.0 Å². The first-order valence-corrected chi connectivity index (χ1v) is 6.69. The molecule has 0 amide bonds. The highest BCUT2D eigenvalue weighted by Crippen LogP contribution is 2.23. The molecular formula is C17H15FO2. The predicted molar refractivity (Wildman–Crippen MR) is 74.1 cm³/mol. The quantitative estimate of drug-likeness (QED) is 0.797. The molecule has 3 heteroatoms. The maximum Gasteiger partial charge on any atom is 0.165 e. The summed E-state index contributed by atoms with van der Waals surface area (Å²) in [6.45, 7) is 0.553. The van der Waals surface area contributed by atoms with Crippen molar-refractivity contribution in [2.75, 3.05) is 0 Å². The number of hydrogen-bond donors (Lipinski definition) is 0. The summed E-state index contributed by atoms with van der Waals surface area (Å²) in [7, 11) is 0. The van der Waals surface area contributed by atoms with Crippen LogP contribution in [0.4, 0.5) is 4.39 Å². The van der Waals surface area contributed by atoms with Gasteiger partial charge in [-0.3, -0.25) is 4.79 Å². The van der Waals surface area contributed by atoms with E-state index in [9.17, 15) is 9.18 Å². The molecule has 0 saturated heterocycles. The minimum atomic E-state index is -0.329. The lowest BCUT2D eigenvalue weighted by Crippen LogP contribution is -2.25. The molecule has 1 heterocycles. The van der Waals surface area contributed by atoms with Gasteiger partial charge in [-0.05, 0) is 41.8 Å². The number of ether oxygens (including phenoxy) is 1. The zero-order chi connectivity index (χ0) is 13.9. The third-order valence-corrected chi connectivity index (χ3v) is 3.62. The molecule has 20 heavy (non-hydrogen) atoms. The van der Waals surface area contributed by atoms with Crippen LogP contribution in [0.3, 0.4) is 0 Å². The van der Waals surface area contributed by atoms with E-state index >= 15 is 0 Å². The molecule has 2 nitrogen and oxygen atoms in total. The second-order valence-electron chi connectivity index (χ2n) is 5.04. The van der Waals surface area contributed by atoms with Gasteiger partial charge in [0.1, 0.15) is 5.82 Å². The lowest BCUT2D eigenvalue weighted by atomic mass is 9.95. The Morgan fingerprint density at radius 1 is 1.10 bits per heavy atom. The number of halogens is 1. The number of rotatable bonds is 3. The Bertz CT molecular complexity index is 619. The Balaban J connectivity index is 1.67. The molecule has 0 N–H and O–H groups in total. The van der Waals surface area contributed by atoms with Gasteiger partial charge in [0.2, 0.25) is 0 Å². The summed E-state index contributed by atoms with van der Waals surface area (Å²) in [6.07, 6.45) is 0.991. The molecule has 1 unspecified atom stereocenters. The molecule has 2 aromatic carbocycles. The highest BCUT2D eigenvalue weighted by atomic mass is 19.1. The number of hydrogen-bond acceptors (Lipinski definition) is 2. The number of carbonyl (C=O) groups is 1. The van der Waals surface area contributed by atoms with Crippen molar-refractivity contribution >= 4 is 5.78 Å². The molecule has 0 spiro atoms. The maximum atomic E-state index is 12.8. The van der Waals surface area contributed by atoms with E-state index in [1.807, 2.05) is 18.2 Å². The van der Waals surface area contributed by atoms with Gasteiger partial charge in [-0.15, -0.1) is 0 Å². The van der Waals surface area contributed by atoms with E-state index < -0.39 is 0 Å². The first kappa shape index (κ1) is 13.0. The molecule has 1 aliphatic heterocycles. The van der Waals surface area contributed by atoms with Crippen molar-refractivity contribution in [1.29, 1.82) is 0 Å². The van der Waals surface area contributed by atoms with Gasteiger partial charge >= 0.3 is 0 Å². The SMILES string of the molecule is O=C(CC1Cc2ccccc2CO1)c1ccc(F)cc1. The monoisotopic (exact) mass is 270 g/mol. The van der Waals surface area contributed by atoms with E-state index in [-0.39, 0.29) is 17.7 Å². The van der Waals surface area contributed by atoms with Gasteiger partial charge in [-0.25, -0.2) is 4.39 Å². The average Bonchev–Trinajstić information content (AvgIpc) is 2.48. The van der Waals surface area contributed by atoms with Crippen LogP contribution in [-0.4, -0.2) is 11.9 Å². The molecule has 0 aromatic heterocycles. The minimum Gasteiger partial charge on any atom is -0.373 e. The molecule has 1 atom stereocenters. The first-order chi connectivity index (χ1) is 9.72. The molecule has 2 aromatic rings. The lowest BCUT2D eigenvalue weighted by Gasteiger charge is -2.24. The van der Waals surface area contributed by atoms with Gasteiger partial charge < -0.3 is 4.74 Å². The molecule has 0 aliphatic carbocycles. The molecule has 102 valence electrons. The van der Waals surface area contributed by atoms with Gasteiger partial charge in [0.15, 0.2) is 5.78 Å². The highest BCUT2D eigenvalue weighted by Gasteiger charge is 2.21. The van der Waals surface area contributed by atoms with Crippen molar-refractivity contribution in [3.63, 3.8) is 0 Å². The van der Waals surface area contributed by atoms with Crippen LogP contribution in [-0.2, 0) is 17.8 Å². The second-order valence-corrected chi connectivity index (χ2v) is 5.04. The summed E-state index contributed by atoms with van der Waals surface area (Å²) in [5.74, 6) is -0.334. The van der Waals surface area contributed by atoms with E-state index in [2.05, 4.69) is 6.07 Å². The topological polar surface area (TPSA) is 26.3 Å². The van der Waals surface area contributed by atoms with Gasteiger partial charge in [-0.1, -0.05) is 24.3 Å². The smallest absolute Gasteiger partial charge is 0.165 e. The maximum absolute atomic E-state index is 12.8. The summed E-state index contributed by atoms with van der Waals surface area (Å²) in [4.78, 5) is 12.1. The Morgan fingerprint density at radius 3 is 2.55 bits per heavy atom. The molecule has 0 saturated carbocycles. The minimum absolute atomic E-state index is 0.00520. The van der Waals surface area contributed by atoms with Crippen molar-refractivity contribution in [1.82, 2.24) is 0 Å². The molecule has 0 fully saturated rings. The van der Waals surface area contributed by atoms with Crippen LogP contribution in [0.2, 0.25) is 0 Å². The Hall–Kier alpha value is -2.00. The largest absolute Gasteiger partial charge is 0.373 e. The van der Waals surface area contributed by atoms with Crippen LogP contribution in [0.25, 0.3) is 0 Å². The highest BCUT2D eigenvalue weighted by molar-refractivity contribution is 5.96. The van der Waals surface area contributed by atoms with Crippen molar-refractivity contribution in [3.05, 3.63) is 71.0 Å². The molecule has 1 aliphatic rings. The Kier molecular flexibility index (Phi) is 3.61. The summed E-state index contributed by atoms with van der Waals surface area (Å²) in [5.41, 5.74) is 2.97. The van der Waals surface area contributed by atoms with Crippen LogP contribution in [0, 0.1) is 5.82 Å². The number of benzene rings is 2. The third kappa shape index (κ3) is 2.78. The number of fused-ring (bicyclic) bond motifs is 1. The summed E-state index contributed by atoms with van der Waals surface area (Å²) < 4.78 is 18.6. The third-order valence-electron chi connectivity index (χ3n) is 3.62. The molecule has 3 rings (SSSR count). The van der Waals surface area contributed by atoms with Crippen molar-refractivity contribution in [3.8, 4) is 0 Å². The predicted octanol–water partition coefficient (Wildman–Crippen LogP) is 3.54. The fraction of sp³-hybridized carbons (Fsp3) is 0.235. The number of carbonyl (C=O) groups excluding carboxylic acids is 1. The average molecular weight is 270 g/mol. The van der Waals surface area contributed by atoms with Crippen LogP contribution < -0.4 is 0 Å².